The molecule has 0 aliphatic carbocycles. The predicted molar refractivity (Wildman–Crippen MR) is 89.0 cm³/mol. The van der Waals surface area contributed by atoms with Crippen LogP contribution in [0.5, 0.6) is 5.75 Å². The molecule has 2 aromatic heterocycles. The Morgan fingerprint density at radius 1 is 1.13 bits per heavy atom. The zero-order valence-electron chi connectivity index (χ0n) is 12.8. The van der Waals surface area contributed by atoms with Crippen molar-refractivity contribution < 1.29 is 9.15 Å². The van der Waals surface area contributed by atoms with E-state index in [-0.39, 0.29) is 0 Å². The molecule has 118 valence electrons. The number of aromatic nitrogens is 2. The summed E-state index contributed by atoms with van der Waals surface area (Å²) in [7, 11) is 0. The fourth-order valence-electron chi connectivity index (χ4n) is 2.08. The van der Waals surface area contributed by atoms with E-state index >= 15 is 0 Å². The summed E-state index contributed by atoms with van der Waals surface area (Å²) in [6, 6.07) is 13.3. The van der Waals surface area contributed by atoms with Crippen LogP contribution < -0.4 is 15.4 Å². The second-order valence-corrected chi connectivity index (χ2v) is 4.75. The highest BCUT2D eigenvalue weighted by Gasteiger charge is 2.05. The smallest absolute Gasteiger partial charge is 0.224 e. The van der Waals surface area contributed by atoms with Crippen molar-refractivity contribution in [3.63, 3.8) is 0 Å². The van der Waals surface area contributed by atoms with Crippen molar-refractivity contribution in [2.75, 3.05) is 17.2 Å². The van der Waals surface area contributed by atoms with Crippen molar-refractivity contribution >= 4 is 17.5 Å². The van der Waals surface area contributed by atoms with Gasteiger partial charge in [0.05, 0.1) is 25.1 Å². The van der Waals surface area contributed by atoms with Gasteiger partial charge in [0, 0.05) is 6.20 Å². The fourth-order valence-corrected chi connectivity index (χ4v) is 2.08. The van der Waals surface area contributed by atoms with Crippen molar-refractivity contribution in [3.8, 4) is 5.75 Å². The topological polar surface area (TPSA) is 72.2 Å². The van der Waals surface area contributed by atoms with Crippen LogP contribution in [-0.4, -0.2) is 16.6 Å². The van der Waals surface area contributed by atoms with Crippen LogP contribution in [-0.2, 0) is 6.54 Å². The number of furan rings is 1. The third-order valence-electron chi connectivity index (χ3n) is 3.11. The number of nitrogens with one attached hydrogen (secondary N) is 2. The van der Waals surface area contributed by atoms with E-state index in [1.807, 2.05) is 43.3 Å². The SMILES string of the molecule is CCOc1ccccc1Nc1ccnc(NCc2ccco2)n1. The molecule has 0 saturated carbocycles. The quantitative estimate of drug-likeness (QED) is 0.691. The van der Waals surface area contributed by atoms with Gasteiger partial charge in [0.1, 0.15) is 17.3 Å². The van der Waals surface area contributed by atoms with Gasteiger partial charge in [-0.2, -0.15) is 4.98 Å². The van der Waals surface area contributed by atoms with Gasteiger partial charge in [-0.05, 0) is 37.3 Å². The summed E-state index contributed by atoms with van der Waals surface area (Å²) >= 11 is 0. The molecule has 0 amide bonds. The van der Waals surface area contributed by atoms with Crippen LogP contribution >= 0.6 is 0 Å². The molecule has 0 saturated heterocycles. The molecule has 1 aromatic carbocycles. The molecular formula is C17H18N4O2. The monoisotopic (exact) mass is 310 g/mol. The van der Waals surface area contributed by atoms with Gasteiger partial charge in [-0.3, -0.25) is 0 Å². The van der Waals surface area contributed by atoms with Crippen LogP contribution in [0, 0.1) is 0 Å². The molecule has 0 aliphatic rings. The molecule has 6 nitrogen and oxygen atoms in total. The van der Waals surface area contributed by atoms with Crippen LogP contribution in [0.15, 0.2) is 59.3 Å². The van der Waals surface area contributed by atoms with Gasteiger partial charge in [-0.15, -0.1) is 0 Å². The number of hydrogen-bond donors (Lipinski definition) is 2. The van der Waals surface area contributed by atoms with Gasteiger partial charge >= 0.3 is 0 Å². The van der Waals surface area contributed by atoms with Gasteiger partial charge in [-0.25, -0.2) is 4.98 Å². The lowest BCUT2D eigenvalue weighted by Crippen LogP contribution is -2.05. The van der Waals surface area contributed by atoms with Crippen molar-refractivity contribution in [2.24, 2.45) is 0 Å². The largest absolute Gasteiger partial charge is 0.492 e. The normalized spacial score (nSPS) is 10.3. The van der Waals surface area contributed by atoms with E-state index in [9.17, 15) is 0 Å². The maximum absolute atomic E-state index is 5.60. The summed E-state index contributed by atoms with van der Waals surface area (Å²) in [6.07, 6.45) is 3.34. The number of ether oxygens (including phenoxy) is 1. The van der Waals surface area contributed by atoms with Gasteiger partial charge < -0.3 is 19.8 Å². The first kappa shape index (κ1) is 14.9. The molecule has 23 heavy (non-hydrogen) atoms. The third-order valence-corrected chi connectivity index (χ3v) is 3.11. The number of hydrogen-bond acceptors (Lipinski definition) is 6. The first-order chi connectivity index (χ1) is 11.3. The van der Waals surface area contributed by atoms with E-state index in [1.165, 1.54) is 0 Å². The molecule has 0 bridgehead atoms. The highest BCUT2D eigenvalue weighted by molar-refractivity contribution is 5.64. The lowest BCUT2D eigenvalue weighted by atomic mass is 10.3. The lowest BCUT2D eigenvalue weighted by Gasteiger charge is -2.12. The summed E-state index contributed by atoms with van der Waals surface area (Å²) in [5.74, 6) is 2.83. The van der Waals surface area contributed by atoms with E-state index in [4.69, 9.17) is 9.15 Å². The first-order valence-electron chi connectivity index (χ1n) is 7.43. The van der Waals surface area contributed by atoms with Crippen molar-refractivity contribution in [2.45, 2.75) is 13.5 Å². The molecule has 0 atom stereocenters. The molecule has 3 rings (SSSR count). The summed E-state index contributed by atoms with van der Waals surface area (Å²) < 4.78 is 10.9. The van der Waals surface area contributed by atoms with Crippen molar-refractivity contribution in [1.82, 2.24) is 9.97 Å². The first-order valence-corrected chi connectivity index (χ1v) is 7.43. The molecular weight excluding hydrogens is 292 g/mol. The number of anilines is 3. The average molecular weight is 310 g/mol. The molecule has 2 heterocycles. The van der Waals surface area contributed by atoms with E-state index in [0.29, 0.717) is 24.9 Å². The zero-order chi connectivity index (χ0) is 15.9. The minimum Gasteiger partial charge on any atom is -0.492 e. The van der Waals surface area contributed by atoms with Crippen LogP contribution in [0.2, 0.25) is 0 Å². The van der Waals surface area contributed by atoms with Crippen molar-refractivity contribution in [3.05, 3.63) is 60.7 Å². The summed E-state index contributed by atoms with van der Waals surface area (Å²) in [4.78, 5) is 8.64. The van der Waals surface area contributed by atoms with Gasteiger partial charge in [0.15, 0.2) is 0 Å². The summed E-state index contributed by atoms with van der Waals surface area (Å²) in [5, 5.41) is 6.38. The number of benzene rings is 1. The van der Waals surface area contributed by atoms with Crippen LogP contribution in [0.3, 0.4) is 0 Å². The van der Waals surface area contributed by atoms with Crippen LogP contribution in [0.1, 0.15) is 12.7 Å². The molecule has 3 aromatic rings. The van der Waals surface area contributed by atoms with Crippen LogP contribution in [0.4, 0.5) is 17.5 Å². The Bertz CT molecular complexity index is 744. The fraction of sp³-hybridized carbons (Fsp3) is 0.176. The maximum atomic E-state index is 5.60. The Balaban J connectivity index is 1.70. The Kier molecular flexibility index (Phi) is 4.73. The van der Waals surface area contributed by atoms with Gasteiger partial charge in [0.2, 0.25) is 5.95 Å². The molecule has 0 radical (unpaired) electrons. The number of rotatable bonds is 7. The molecule has 2 N–H and O–H groups in total. The van der Waals surface area contributed by atoms with E-state index in [2.05, 4.69) is 20.6 Å². The molecule has 0 aliphatic heterocycles. The van der Waals surface area contributed by atoms with E-state index in [1.54, 1.807) is 18.5 Å². The van der Waals surface area contributed by atoms with E-state index < -0.39 is 0 Å². The standard InChI is InChI=1S/C17H18N4O2/c1-2-22-15-8-4-3-7-14(15)20-16-9-10-18-17(21-16)19-12-13-6-5-11-23-13/h3-11H,2,12H2,1H3,(H2,18,19,20,21). The predicted octanol–water partition coefficient (Wildman–Crippen LogP) is 3.82. The van der Waals surface area contributed by atoms with E-state index in [0.717, 1.165) is 17.2 Å². The zero-order valence-corrected chi connectivity index (χ0v) is 12.8. The maximum Gasteiger partial charge on any atom is 0.224 e. The third kappa shape index (κ3) is 4.00. The lowest BCUT2D eigenvalue weighted by molar-refractivity contribution is 0.342. The summed E-state index contributed by atoms with van der Waals surface area (Å²) in [5.41, 5.74) is 0.866. The second-order valence-electron chi connectivity index (χ2n) is 4.75. The molecule has 0 spiro atoms. The Morgan fingerprint density at radius 2 is 2.04 bits per heavy atom. The Labute approximate surface area is 134 Å². The minimum absolute atomic E-state index is 0.528. The Hall–Kier alpha value is -3.02. The number of para-hydroxylation sites is 2. The molecule has 0 fully saturated rings. The highest BCUT2D eigenvalue weighted by atomic mass is 16.5. The van der Waals surface area contributed by atoms with Crippen molar-refractivity contribution in [1.29, 1.82) is 0 Å². The average Bonchev–Trinajstić information content (AvgIpc) is 3.09. The minimum atomic E-state index is 0.528. The highest BCUT2D eigenvalue weighted by Crippen LogP contribution is 2.26. The molecule has 0 unspecified atom stereocenters. The van der Waals surface area contributed by atoms with Gasteiger partial charge in [-0.1, -0.05) is 12.1 Å². The number of nitrogens with zero attached hydrogens (tertiary/aromatic N) is 2. The van der Waals surface area contributed by atoms with Crippen LogP contribution in [0.25, 0.3) is 0 Å². The molecule has 6 heteroatoms. The Morgan fingerprint density at radius 3 is 2.87 bits per heavy atom. The second kappa shape index (κ2) is 7.31. The van der Waals surface area contributed by atoms with Gasteiger partial charge in [0.25, 0.3) is 0 Å². The summed E-state index contributed by atoms with van der Waals surface area (Å²) in [6.45, 7) is 3.10.